The summed E-state index contributed by atoms with van der Waals surface area (Å²) in [5.74, 6) is 0.0600. The Balaban J connectivity index is 2.38. The number of hydrogen-bond acceptors (Lipinski definition) is 4. The number of nitrogens with one attached hydrogen (secondary N) is 2. The molecule has 1 aromatic rings. The number of carbonyl (C=O) groups excluding carboxylic acids is 1. The first-order valence-electron chi connectivity index (χ1n) is 6.52. The summed E-state index contributed by atoms with van der Waals surface area (Å²) in [6.45, 7) is 3.06. The van der Waals surface area contributed by atoms with Gasteiger partial charge in [0.2, 0.25) is 0 Å². The minimum atomic E-state index is -2.88. The molecule has 0 aliphatic heterocycles. The SMILES string of the molecule is CC(C)(C)OC(=O)NCCNc1ccccc1OC(F)F. The van der Waals surface area contributed by atoms with Crippen LogP contribution in [0.3, 0.4) is 0 Å². The molecule has 1 aromatic carbocycles. The van der Waals surface area contributed by atoms with Crippen molar-refractivity contribution in [2.45, 2.75) is 33.0 Å². The molecular weight excluding hydrogens is 282 g/mol. The van der Waals surface area contributed by atoms with Crippen molar-refractivity contribution in [2.75, 3.05) is 18.4 Å². The predicted octanol–water partition coefficient (Wildman–Crippen LogP) is 3.22. The van der Waals surface area contributed by atoms with Crippen molar-refractivity contribution in [3.63, 3.8) is 0 Å². The van der Waals surface area contributed by atoms with E-state index >= 15 is 0 Å². The highest BCUT2D eigenvalue weighted by molar-refractivity contribution is 5.67. The van der Waals surface area contributed by atoms with Crippen LogP contribution >= 0.6 is 0 Å². The van der Waals surface area contributed by atoms with Gasteiger partial charge in [-0.2, -0.15) is 8.78 Å². The summed E-state index contributed by atoms with van der Waals surface area (Å²) in [6, 6.07) is 6.35. The first-order chi connectivity index (χ1) is 9.78. The molecule has 2 N–H and O–H groups in total. The van der Waals surface area contributed by atoms with Crippen LogP contribution in [0.1, 0.15) is 20.8 Å². The van der Waals surface area contributed by atoms with Gasteiger partial charge in [0, 0.05) is 13.1 Å². The fourth-order valence-corrected chi connectivity index (χ4v) is 1.49. The van der Waals surface area contributed by atoms with Crippen LogP contribution in [0.2, 0.25) is 0 Å². The molecule has 0 atom stereocenters. The fraction of sp³-hybridized carbons (Fsp3) is 0.500. The minimum Gasteiger partial charge on any atom is -0.444 e. The number of alkyl carbamates (subject to hydrolysis) is 1. The number of amides is 1. The third-order valence-electron chi connectivity index (χ3n) is 2.21. The van der Waals surface area contributed by atoms with Gasteiger partial charge in [-0.1, -0.05) is 12.1 Å². The summed E-state index contributed by atoms with van der Waals surface area (Å²) < 4.78 is 33.9. The third kappa shape index (κ3) is 7.34. The van der Waals surface area contributed by atoms with Crippen molar-refractivity contribution in [1.82, 2.24) is 5.32 Å². The summed E-state index contributed by atoms with van der Waals surface area (Å²) in [5.41, 5.74) is -0.126. The zero-order valence-corrected chi connectivity index (χ0v) is 12.3. The highest BCUT2D eigenvalue weighted by atomic mass is 19.3. The number of carbonyl (C=O) groups is 1. The van der Waals surface area contributed by atoms with E-state index in [4.69, 9.17) is 4.74 Å². The molecule has 0 aromatic heterocycles. The quantitative estimate of drug-likeness (QED) is 0.792. The van der Waals surface area contributed by atoms with Crippen molar-refractivity contribution >= 4 is 11.8 Å². The molecule has 7 heteroatoms. The van der Waals surface area contributed by atoms with E-state index < -0.39 is 18.3 Å². The van der Waals surface area contributed by atoms with E-state index in [1.807, 2.05) is 0 Å². The molecule has 0 saturated heterocycles. The molecule has 21 heavy (non-hydrogen) atoms. The first-order valence-corrected chi connectivity index (χ1v) is 6.52. The minimum absolute atomic E-state index is 0.0600. The van der Waals surface area contributed by atoms with Gasteiger partial charge in [-0.05, 0) is 32.9 Å². The Morgan fingerprint density at radius 3 is 2.52 bits per heavy atom. The molecule has 0 spiro atoms. The van der Waals surface area contributed by atoms with Crippen LogP contribution in [0.4, 0.5) is 19.3 Å². The third-order valence-corrected chi connectivity index (χ3v) is 2.21. The van der Waals surface area contributed by atoms with Crippen LogP contribution in [0.25, 0.3) is 0 Å². The van der Waals surface area contributed by atoms with Crippen molar-refractivity contribution < 1.29 is 23.0 Å². The largest absolute Gasteiger partial charge is 0.444 e. The average Bonchev–Trinajstić information content (AvgIpc) is 2.33. The zero-order chi connectivity index (χ0) is 15.9. The Kier molecular flexibility index (Phi) is 6.20. The van der Waals surface area contributed by atoms with Crippen LogP contribution in [-0.4, -0.2) is 31.4 Å². The number of alkyl halides is 2. The number of ether oxygens (including phenoxy) is 2. The maximum Gasteiger partial charge on any atom is 0.407 e. The number of para-hydroxylation sites is 2. The Hall–Kier alpha value is -2.05. The Morgan fingerprint density at radius 1 is 1.24 bits per heavy atom. The number of hydrogen-bond donors (Lipinski definition) is 2. The van der Waals surface area contributed by atoms with Crippen LogP contribution < -0.4 is 15.4 Å². The van der Waals surface area contributed by atoms with Crippen molar-refractivity contribution in [3.8, 4) is 5.75 Å². The molecule has 5 nitrogen and oxygen atoms in total. The van der Waals surface area contributed by atoms with Crippen LogP contribution in [0.5, 0.6) is 5.75 Å². The van der Waals surface area contributed by atoms with E-state index in [9.17, 15) is 13.6 Å². The summed E-state index contributed by atoms with van der Waals surface area (Å²) in [4.78, 5) is 11.4. The molecule has 0 heterocycles. The van der Waals surface area contributed by atoms with Gasteiger partial charge in [-0.15, -0.1) is 0 Å². The van der Waals surface area contributed by atoms with Crippen molar-refractivity contribution in [2.24, 2.45) is 0 Å². The summed E-state index contributed by atoms with van der Waals surface area (Å²) in [6.07, 6.45) is -0.526. The van der Waals surface area contributed by atoms with Gasteiger partial charge < -0.3 is 20.1 Å². The van der Waals surface area contributed by atoms with Gasteiger partial charge >= 0.3 is 12.7 Å². The van der Waals surface area contributed by atoms with Crippen molar-refractivity contribution in [3.05, 3.63) is 24.3 Å². The van der Waals surface area contributed by atoms with E-state index in [0.29, 0.717) is 12.2 Å². The van der Waals surface area contributed by atoms with Gasteiger partial charge in [0.1, 0.15) is 11.4 Å². The highest BCUT2D eigenvalue weighted by Gasteiger charge is 2.15. The maximum atomic E-state index is 12.2. The first kappa shape index (κ1) is 17.0. The van der Waals surface area contributed by atoms with Gasteiger partial charge in [-0.3, -0.25) is 0 Å². The zero-order valence-electron chi connectivity index (χ0n) is 12.3. The van der Waals surface area contributed by atoms with E-state index in [1.165, 1.54) is 6.07 Å². The lowest BCUT2D eigenvalue weighted by molar-refractivity contribution is -0.0493. The van der Waals surface area contributed by atoms with E-state index in [2.05, 4.69) is 15.4 Å². The topological polar surface area (TPSA) is 59.6 Å². The second kappa shape index (κ2) is 7.66. The predicted molar refractivity (Wildman–Crippen MR) is 75.8 cm³/mol. The van der Waals surface area contributed by atoms with E-state index in [1.54, 1.807) is 39.0 Å². The Bertz CT molecular complexity index is 462. The normalized spacial score (nSPS) is 11.1. The Morgan fingerprint density at radius 2 is 1.90 bits per heavy atom. The van der Waals surface area contributed by atoms with E-state index in [0.717, 1.165) is 0 Å². The molecule has 1 rings (SSSR count). The Labute approximate surface area is 122 Å². The lowest BCUT2D eigenvalue weighted by Crippen LogP contribution is -2.35. The molecule has 0 unspecified atom stereocenters. The lowest BCUT2D eigenvalue weighted by Gasteiger charge is -2.19. The van der Waals surface area contributed by atoms with Crippen LogP contribution in [-0.2, 0) is 4.74 Å². The molecule has 0 bridgehead atoms. The molecule has 118 valence electrons. The van der Waals surface area contributed by atoms with Crippen molar-refractivity contribution in [1.29, 1.82) is 0 Å². The summed E-state index contributed by atoms with van der Waals surface area (Å²) >= 11 is 0. The summed E-state index contributed by atoms with van der Waals surface area (Å²) in [5, 5.41) is 5.47. The molecule has 0 aliphatic rings. The second-order valence-corrected chi connectivity index (χ2v) is 5.23. The molecule has 0 aliphatic carbocycles. The maximum absolute atomic E-state index is 12.2. The average molecular weight is 302 g/mol. The highest BCUT2D eigenvalue weighted by Crippen LogP contribution is 2.24. The van der Waals surface area contributed by atoms with Gasteiger partial charge in [0.05, 0.1) is 5.69 Å². The monoisotopic (exact) mass is 302 g/mol. The number of rotatable bonds is 6. The molecular formula is C14H20F2N2O3. The lowest BCUT2D eigenvalue weighted by atomic mass is 10.2. The second-order valence-electron chi connectivity index (χ2n) is 5.23. The number of halogens is 2. The van der Waals surface area contributed by atoms with E-state index in [-0.39, 0.29) is 12.3 Å². The smallest absolute Gasteiger partial charge is 0.407 e. The van der Waals surface area contributed by atoms with Gasteiger partial charge in [-0.25, -0.2) is 4.79 Å². The van der Waals surface area contributed by atoms with Gasteiger partial charge in [0.15, 0.2) is 0 Å². The van der Waals surface area contributed by atoms with Crippen LogP contribution in [0, 0.1) is 0 Å². The standard InChI is InChI=1S/C14H20F2N2O3/c1-14(2,3)21-13(19)18-9-8-17-10-6-4-5-7-11(10)20-12(15)16/h4-7,12,17H,8-9H2,1-3H3,(H,18,19). The van der Waals surface area contributed by atoms with Crippen LogP contribution in [0.15, 0.2) is 24.3 Å². The number of anilines is 1. The number of benzene rings is 1. The molecule has 1 amide bonds. The van der Waals surface area contributed by atoms with Gasteiger partial charge in [0.25, 0.3) is 0 Å². The molecule has 0 saturated carbocycles. The molecule has 0 radical (unpaired) electrons. The molecule has 0 fully saturated rings. The summed E-state index contributed by atoms with van der Waals surface area (Å²) in [7, 11) is 0. The fourth-order valence-electron chi connectivity index (χ4n) is 1.49.